The van der Waals surface area contributed by atoms with Crippen LogP contribution >= 0.6 is 0 Å². The van der Waals surface area contributed by atoms with Crippen molar-refractivity contribution in [2.24, 2.45) is 11.8 Å². The number of carbonyl (C=O) groups is 1. The summed E-state index contributed by atoms with van der Waals surface area (Å²) in [5, 5.41) is 4.15. The molecule has 1 heterocycles. The summed E-state index contributed by atoms with van der Waals surface area (Å²) < 4.78 is 0. The van der Waals surface area contributed by atoms with Gasteiger partial charge in [0.05, 0.1) is 17.8 Å². The summed E-state index contributed by atoms with van der Waals surface area (Å²) in [6.45, 7) is 2.64. The van der Waals surface area contributed by atoms with Gasteiger partial charge in [-0.05, 0) is 30.9 Å². The minimum absolute atomic E-state index is 0.0930. The van der Waals surface area contributed by atoms with Crippen LogP contribution in [0.5, 0.6) is 0 Å². The number of hydrogen-bond donors (Lipinski definition) is 1. The lowest BCUT2D eigenvalue weighted by molar-refractivity contribution is -0.126. The molecular weight excluding hydrogens is 260 g/mol. The van der Waals surface area contributed by atoms with E-state index in [4.69, 9.17) is 0 Å². The SMILES string of the molecule is C[C@@H]1CC=CC[C@H]1C(=O)NCc1ccc2ccccc2n1. The number of allylic oxidation sites excluding steroid dienone is 2. The van der Waals surface area contributed by atoms with Crippen LogP contribution in [0.15, 0.2) is 48.6 Å². The van der Waals surface area contributed by atoms with E-state index in [0.29, 0.717) is 12.5 Å². The number of nitrogens with zero attached hydrogens (tertiary/aromatic N) is 1. The quantitative estimate of drug-likeness (QED) is 0.875. The molecule has 0 bridgehead atoms. The van der Waals surface area contributed by atoms with Crippen molar-refractivity contribution in [1.29, 1.82) is 0 Å². The average Bonchev–Trinajstić information content (AvgIpc) is 2.53. The van der Waals surface area contributed by atoms with Gasteiger partial charge in [-0.25, -0.2) is 0 Å². The van der Waals surface area contributed by atoms with E-state index in [0.717, 1.165) is 29.4 Å². The monoisotopic (exact) mass is 280 g/mol. The minimum Gasteiger partial charge on any atom is -0.350 e. The fourth-order valence-corrected chi connectivity index (χ4v) is 2.83. The average molecular weight is 280 g/mol. The molecule has 1 aromatic heterocycles. The van der Waals surface area contributed by atoms with E-state index in [1.165, 1.54) is 0 Å². The highest BCUT2D eigenvalue weighted by molar-refractivity contribution is 5.80. The van der Waals surface area contributed by atoms with Crippen LogP contribution < -0.4 is 5.32 Å². The molecule has 0 saturated carbocycles. The molecule has 1 N–H and O–H groups in total. The first-order valence-electron chi connectivity index (χ1n) is 7.51. The Bertz CT molecular complexity index is 678. The van der Waals surface area contributed by atoms with Gasteiger partial charge in [-0.15, -0.1) is 0 Å². The minimum atomic E-state index is 0.0930. The molecule has 3 nitrogen and oxygen atoms in total. The van der Waals surface area contributed by atoms with Gasteiger partial charge in [-0.3, -0.25) is 9.78 Å². The summed E-state index contributed by atoms with van der Waals surface area (Å²) in [6, 6.07) is 12.1. The number of pyridine rings is 1. The molecule has 3 heteroatoms. The van der Waals surface area contributed by atoms with E-state index >= 15 is 0 Å². The van der Waals surface area contributed by atoms with Gasteiger partial charge in [-0.2, -0.15) is 0 Å². The van der Waals surface area contributed by atoms with Crippen molar-refractivity contribution in [3.05, 3.63) is 54.2 Å². The Kier molecular flexibility index (Phi) is 4.00. The van der Waals surface area contributed by atoms with Crippen molar-refractivity contribution in [3.8, 4) is 0 Å². The highest BCUT2D eigenvalue weighted by Gasteiger charge is 2.25. The van der Waals surface area contributed by atoms with Crippen molar-refractivity contribution >= 4 is 16.8 Å². The van der Waals surface area contributed by atoms with Crippen molar-refractivity contribution in [2.75, 3.05) is 0 Å². The van der Waals surface area contributed by atoms with Crippen LogP contribution in [0.25, 0.3) is 10.9 Å². The van der Waals surface area contributed by atoms with Crippen LogP contribution in [0, 0.1) is 11.8 Å². The largest absolute Gasteiger partial charge is 0.350 e. The maximum atomic E-state index is 12.3. The van der Waals surface area contributed by atoms with E-state index < -0.39 is 0 Å². The van der Waals surface area contributed by atoms with Gasteiger partial charge >= 0.3 is 0 Å². The van der Waals surface area contributed by atoms with E-state index in [-0.39, 0.29) is 11.8 Å². The molecule has 108 valence electrons. The molecule has 3 rings (SSSR count). The lowest BCUT2D eigenvalue weighted by Crippen LogP contribution is -2.34. The van der Waals surface area contributed by atoms with Gasteiger partial charge in [0.1, 0.15) is 0 Å². The molecule has 0 aliphatic heterocycles. The van der Waals surface area contributed by atoms with E-state index in [2.05, 4.69) is 35.4 Å². The third kappa shape index (κ3) is 3.13. The van der Waals surface area contributed by atoms with Gasteiger partial charge in [0.2, 0.25) is 5.91 Å². The molecule has 2 atom stereocenters. The second-order valence-electron chi connectivity index (χ2n) is 5.74. The second kappa shape index (κ2) is 6.08. The smallest absolute Gasteiger partial charge is 0.224 e. The van der Waals surface area contributed by atoms with E-state index in [9.17, 15) is 4.79 Å². The third-order valence-corrected chi connectivity index (χ3v) is 4.19. The molecule has 21 heavy (non-hydrogen) atoms. The lowest BCUT2D eigenvalue weighted by atomic mass is 9.84. The number of hydrogen-bond acceptors (Lipinski definition) is 2. The molecule has 0 fully saturated rings. The molecule has 0 saturated heterocycles. The zero-order valence-corrected chi connectivity index (χ0v) is 12.3. The molecule has 2 aromatic rings. The zero-order chi connectivity index (χ0) is 14.7. The number of nitrogens with one attached hydrogen (secondary N) is 1. The first kappa shape index (κ1) is 13.8. The van der Waals surface area contributed by atoms with Crippen LogP contribution in [-0.2, 0) is 11.3 Å². The molecule has 0 spiro atoms. The number of amides is 1. The molecule has 0 unspecified atom stereocenters. The third-order valence-electron chi connectivity index (χ3n) is 4.19. The Hall–Kier alpha value is -2.16. The first-order valence-corrected chi connectivity index (χ1v) is 7.51. The van der Waals surface area contributed by atoms with Gasteiger partial charge < -0.3 is 5.32 Å². The number of rotatable bonds is 3. The van der Waals surface area contributed by atoms with Crippen molar-refractivity contribution in [1.82, 2.24) is 10.3 Å². The molecule has 0 radical (unpaired) electrons. The van der Waals surface area contributed by atoms with Crippen molar-refractivity contribution in [2.45, 2.75) is 26.3 Å². The predicted octanol–water partition coefficient (Wildman–Crippen LogP) is 3.45. The Morgan fingerprint density at radius 2 is 2.00 bits per heavy atom. The van der Waals surface area contributed by atoms with E-state index in [1.54, 1.807) is 0 Å². The van der Waals surface area contributed by atoms with E-state index in [1.807, 2.05) is 30.3 Å². The molecular formula is C18H20N2O. The fraction of sp³-hybridized carbons (Fsp3) is 0.333. The van der Waals surface area contributed by atoms with Crippen LogP contribution in [0.3, 0.4) is 0 Å². The molecule has 1 aromatic carbocycles. The van der Waals surface area contributed by atoms with Gasteiger partial charge in [-0.1, -0.05) is 43.3 Å². The topological polar surface area (TPSA) is 42.0 Å². The fourth-order valence-electron chi connectivity index (χ4n) is 2.83. The number of benzene rings is 1. The highest BCUT2D eigenvalue weighted by Crippen LogP contribution is 2.25. The van der Waals surface area contributed by atoms with Crippen molar-refractivity contribution < 1.29 is 4.79 Å². The Morgan fingerprint density at radius 3 is 2.86 bits per heavy atom. The first-order chi connectivity index (χ1) is 10.2. The summed E-state index contributed by atoms with van der Waals surface area (Å²) in [4.78, 5) is 16.9. The summed E-state index contributed by atoms with van der Waals surface area (Å²) in [7, 11) is 0. The van der Waals surface area contributed by atoms with Crippen LogP contribution in [0.1, 0.15) is 25.5 Å². The van der Waals surface area contributed by atoms with Crippen molar-refractivity contribution in [3.63, 3.8) is 0 Å². The standard InChI is InChI=1S/C18H20N2O/c1-13-6-2-4-8-16(13)18(21)19-12-15-11-10-14-7-3-5-9-17(14)20-15/h2-5,7,9-11,13,16H,6,8,12H2,1H3,(H,19,21)/t13-,16-/m1/s1. The Labute approximate surface area is 125 Å². The van der Waals surface area contributed by atoms with Crippen LogP contribution in [0.4, 0.5) is 0 Å². The summed E-state index contributed by atoms with van der Waals surface area (Å²) in [5.74, 6) is 0.650. The number of para-hydroxylation sites is 1. The Morgan fingerprint density at radius 1 is 1.19 bits per heavy atom. The molecule has 1 aliphatic rings. The number of carbonyl (C=O) groups excluding carboxylic acids is 1. The second-order valence-corrected chi connectivity index (χ2v) is 5.74. The summed E-state index contributed by atoms with van der Waals surface area (Å²) >= 11 is 0. The normalized spacial score (nSPS) is 21.4. The molecule has 1 aliphatic carbocycles. The predicted molar refractivity (Wildman–Crippen MR) is 84.6 cm³/mol. The summed E-state index contributed by atoms with van der Waals surface area (Å²) in [6.07, 6.45) is 6.11. The maximum Gasteiger partial charge on any atom is 0.224 e. The zero-order valence-electron chi connectivity index (χ0n) is 12.3. The van der Waals surface area contributed by atoms with Crippen LogP contribution in [-0.4, -0.2) is 10.9 Å². The van der Waals surface area contributed by atoms with Crippen LogP contribution in [0.2, 0.25) is 0 Å². The highest BCUT2D eigenvalue weighted by atomic mass is 16.1. The number of fused-ring (bicyclic) bond motifs is 1. The summed E-state index contributed by atoms with van der Waals surface area (Å²) in [5.41, 5.74) is 1.87. The van der Waals surface area contributed by atoms with Gasteiger partial charge in [0.25, 0.3) is 0 Å². The van der Waals surface area contributed by atoms with Gasteiger partial charge in [0.15, 0.2) is 0 Å². The lowest BCUT2D eigenvalue weighted by Gasteiger charge is -2.24. The Balaban J connectivity index is 1.65. The number of aromatic nitrogens is 1. The molecule has 1 amide bonds. The maximum absolute atomic E-state index is 12.3. The van der Waals surface area contributed by atoms with Gasteiger partial charge in [0, 0.05) is 11.3 Å².